The van der Waals surface area contributed by atoms with Gasteiger partial charge in [0.05, 0.1) is 27.4 Å². The average Bonchev–Trinajstić information content (AvgIpc) is 2.87. The van der Waals surface area contributed by atoms with Gasteiger partial charge >= 0.3 is 5.97 Å². The first-order valence-electron chi connectivity index (χ1n) is 10.8. The van der Waals surface area contributed by atoms with Crippen LogP contribution in [0.25, 0.3) is 0 Å². The van der Waals surface area contributed by atoms with Crippen molar-refractivity contribution in [1.29, 1.82) is 0 Å². The van der Waals surface area contributed by atoms with Crippen molar-refractivity contribution in [3.63, 3.8) is 0 Å². The number of rotatable bonds is 11. The molecule has 0 unspecified atom stereocenters. The van der Waals surface area contributed by atoms with E-state index in [1.807, 2.05) is 78.9 Å². The molecule has 33 heavy (non-hydrogen) atoms. The molecular formula is C27H31NO5. The second-order valence-corrected chi connectivity index (χ2v) is 7.83. The van der Waals surface area contributed by atoms with Gasteiger partial charge in [-0.3, -0.25) is 4.90 Å². The van der Waals surface area contributed by atoms with Crippen LogP contribution in [0.1, 0.15) is 16.7 Å². The molecule has 0 bridgehead atoms. The minimum Gasteiger partial charge on any atom is -0.497 e. The van der Waals surface area contributed by atoms with Crippen LogP contribution in [0.4, 0.5) is 0 Å². The van der Waals surface area contributed by atoms with E-state index >= 15 is 0 Å². The third-order valence-corrected chi connectivity index (χ3v) is 5.65. The summed E-state index contributed by atoms with van der Waals surface area (Å²) in [5.74, 6) is 0.900. The van der Waals surface area contributed by atoms with E-state index in [1.54, 1.807) is 14.2 Å². The summed E-state index contributed by atoms with van der Waals surface area (Å²) in [7, 11) is 4.56. The van der Waals surface area contributed by atoms with Crippen LogP contribution < -0.4 is 9.47 Å². The zero-order valence-corrected chi connectivity index (χ0v) is 19.3. The fraction of sp³-hybridized carbons (Fsp3) is 0.296. The first-order chi connectivity index (χ1) is 16.0. The summed E-state index contributed by atoms with van der Waals surface area (Å²) in [6.45, 7) is 1.06. The number of hydrogen-bond donors (Lipinski definition) is 1. The molecule has 0 aromatic heterocycles. The van der Waals surface area contributed by atoms with Gasteiger partial charge in [-0.15, -0.1) is 0 Å². The molecule has 0 saturated heterocycles. The second kappa shape index (κ2) is 12.0. The number of carbonyl (C=O) groups is 1. The number of carbonyl (C=O) groups excluding carboxylic acids is 1. The Bertz CT molecular complexity index is 940. The third-order valence-electron chi connectivity index (χ3n) is 5.65. The molecular weight excluding hydrogens is 418 g/mol. The summed E-state index contributed by atoms with van der Waals surface area (Å²) in [6.07, 6.45) is -0.810. The molecule has 3 aromatic carbocycles. The first-order valence-corrected chi connectivity index (χ1v) is 10.8. The predicted octanol–water partition coefficient (Wildman–Crippen LogP) is 3.85. The monoisotopic (exact) mass is 449 g/mol. The molecule has 1 N–H and O–H groups in total. The average molecular weight is 450 g/mol. The summed E-state index contributed by atoms with van der Waals surface area (Å²) in [5, 5.41) is 11.0. The van der Waals surface area contributed by atoms with Gasteiger partial charge in [0.2, 0.25) is 0 Å². The lowest BCUT2D eigenvalue weighted by Crippen LogP contribution is -2.48. The van der Waals surface area contributed by atoms with Gasteiger partial charge < -0.3 is 19.3 Å². The normalized spacial score (nSPS) is 12.8. The molecule has 0 heterocycles. The van der Waals surface area contributed by atoms with Gasteiger partial charge in [-0.05, 0) is 47.4 Å². The summed E-state index contributed by atoms with van der Waals surface area (Å²) >= 11 is 0. The Morgan fingerprint density at radius 1 is 0.758 bits per heavy atom. The molecule has 0 aliphatic carbocycles. The Balaban J connectivity index is 1.95. The van der Waals surface area contributed by atoms with Crippen LogP contribution >= 0.6 is 0 Å². The number of nitrogens with zero attached hydrogens (tertiary/aromatic N) is 1. The van der Waals surface area contributed by atoms with Gasteiger partial charge in [0.1, 0.15) is 11.5 Å². The van der Waals surface area contributed by atoms with E-state index in [9.17, 15) is 9.90 Å². The van der Waals surface area contributed by atoms with Crippen molar-refractivity contribution in [2.45, 2.75) is 31.7 Å². The highest BCUT2D eigenvalue weighted by molar-refractivity contribution is 5.75. The maximum Gasteiger partial charge on any atom is 0.336 e. The summed E-state index contributed by atoms with van der Waals surface area (Å²) in [5.41, 5.74) is 3.11. The van der Waals surface area contributed by atoms with E-state index in [0.717, 1.165) is 28.2 Å². The van der Waals surface area contributed by atoms with E-state index in [2.05, 4.69) is 4.90 Å². The fourth-order valence-electron chi connectivity index (χ4n) is 3.80. The molecule has 174 valence electrons. The van der Waals surface area contributed by atoms with E-state index < -0.39 is 18.1 Å². The molecule has 0 saturated carbocycles. The van der Waals surface area contributed by atoms with E-state index in [1.165, 1.54) is 7.11 Å². The molecule has 3 aromatic rings. The molecule has 0 radical (unpaired) electrons. The van der Waals surface area contributed by atoms with Crippen LogP contribution in [0.15, 0.2) is 78.9 Å². The number of aliphatic hydroxyl groups excluding tert-OH is 1. The summed E-state index contributed by atoms with van der Waals surface area (Å²) < 4.78 is 15.4. The largest absolute Gasteiger partial charge is 0.497 e. The maximum atomic E-state index is 12.4. The Morgan fingerprint density at radius 2 is 1.24 bits per heavy atom. The Kier molecular flexibility index (Phi) is 8.87. The van der Waals surface area contributed by atoms with Gasteiger partial charge in [0.15, 0.2) is 6.10 Å². The van der Waals surface area contributed by atoms with Crippen molar-refractivity contribution in [3.8, 4) is 11.5 Å². The standard InChI is InChI=1S/C27H31NO5/c1-31-23-13-9-21(10-14-23)18-28(19-22-11-15-24(32-2)16-12-22)25(26(29)27(30)33-3)17-20-7-5-4-6-8-20/h4-16,25-26,29H,17-19H2,1-3H3/t25-,26-/m0/s1. The van der Waals surface area contributed by atoms with Crippen LogP contribution in [-0.4, -0.2) is 49.5 Å². The number of aliphatic hydroxyl groups is 1. The van der Waals surface area contributed by atoms with Crippen LogP contribution in [0.5, 0.6) is 11.5 Å². The molecule has 3 rings (SSSR count). The van der Waals surface area contributed by atoms with Crippen molar-refractivity contribution in [1.82, 2.24) is 4.90 Å². The van der Waals surface area contributed by atoms with Crippen molar-refractivity contribution in [2.75, 3.05) is 21.3 Å². The van der Waals surface area contributed by atoms with Gasteiger partial charge in [0, 0.05) is 13.1 Å². The molecule has 0 fully saturated rings. The minimum atomic E-state index is -1.30. The first kappa shape index (κ1) is 24.3. The molecule has 0 aliphatic rings. The molecule has 0 amide bonds. The lowest BCUT2D eigenvalue weighted by atomic mass is 9.98. The topological polar surface area (TPSA) is 68.2 Å². The van der Waals surface area contributed by atoms with Gasteiger partial charge in [0.25, 0.3) is 0 Å². The smallest absolute Gasteiger partial charge is 0.336 e. The summed E-state index contributed by atoms with van der Waals surface area (Å²) in [4.78, 5) is 14.5. The quantitative estimate of drug-likeness (QED) is 0.449. The molecule has 2 atom stereocenters. The van der Waals surface area contributed by atoms with E-state index in [0.29, 0.717) is 19.5 Å². The molecule has 0 aliphatic heterocycles. The van der Waals surface area contributed by atoms with Crippen molar-refractivity contribution in [3.05, 3.63) is 95.6 Å². The lowest BCUT2D eigenvalue weighted by molar-refractivity contribution is -0.154. The maximum absolute atomic E-state index is 12.4. The van der Waals surface area contributed by atoms with Crippen molar-refractivity contribution < 1.29 is 24.1 Å². The molecule has 0 spiro atoms. The zero-order chi connectivity index (χ0) is 23.6. The van der Waals surface area contributed by atoms with Gasteiger partial charge in [-0.1, -0.05) is 54.6 Å². The highest BCUT2D eigenvalue weighted by atomic mass is 16.5. The molecule has 6 nitrogen and oxygen atoms in total. The number of esters is 1. The van der Waals surface area contributed by atoms with Crippen LogP contribution in [-0.2, 0) is 29.0 Å². The number of methoxy groups -OCH3 is 3. The number of hydrogen-bond acceptors (Lipinski definition) is 6. The third kappa shape index (κ3) is 6.81. The van der Waals surface area contributed by atoms with Crippen LogP contribution in [0.3, 0.4) is 0 Å². The Hall–Kier alpha value is -3.35. The second-order valence-electron chi connectivity index (χ2n) is 7.83. The van der Waals surface area contributed by atoms with Crippen LogP contribution in [0.2, 0.25) is 0 Å². The molecule has 6 heteroatoms. The summed E-state index contributed by atoms with van der Waals surface area (Å²) in [6, 6.07) is 24.9. The minimum absolute atomic E-state index is 0.490. The predicted molar refractivity (Wildman–Crippen MR) is 127 cm³/mol. The van der Waals surface area contributed by atoms with E-state index in [-0.39, 0.29) is 0 Å². The zero-order valence-electron chi connectivity index (χ0n) is 19.3. The van der Waals surface area contributed by atoms with E-state index in [4.69, 9.17) is 14.2 Å². The number of ether oxygens (including phenoxy) is 3. The van der Waals surface area contributed by atoms with Gasteiger partial charge in [-0.2, -0.15) is 0 Å². The highest BCUT2D eigenvalue weighted by Crippen LogP contribution is 2.22. The van der Waals surface area contributed by atoms with Crippen molar-refractivity contribution in [2.24, 2.45) is 0 Å². The SMILES string of the molecule is COC(=O)[C@@H](O)[C@H](Cc1ccccc1)N(Cc1ccc(OC)cc1)Cc1ccc(OC)cc1. The lowest BCUT2D eigenvalue weighted by Gasteiger charge is -2.34. The highest BCUT2D eigenvalue weighted by Gasteiger charge is 2.32. The Labute approximate surface area is 195 Å². The van der Waals surface area contributed by atoms with Gasteiger partial charge in [-0.25, -0.2) is 4.79 Å². The Morgan fingerprint density at radius 3 is 1.67 bits per heavy atom. The fourth-order valence-corrected chi connectivity index (χ4v) is 3.80. The number of benzene rings is 3. The van der Waals surface area contributed by atoms with Crippen molar-refractivity contribution >= 4 is 5.97 Å². The van der Waals surface area contributed by atoms with Crippen LogP contribution in [0, 0.1) is 0 Å².